The van der Waals surface area contributed by atoms with Crippen LogP contribution in [0.3, 0.4) is 0 Å². The quantitative estimate of drug-likeness (QED) is 0.864. The first-order valence-corrected chi connectivity index (χ1v) is 6.44. The molecule has 0 bridgehead atoms. The van der Waals surface area contributed by atoms with Crippen molar-refractivity contribution in [2.45, 2.75) is 19.8 Å². The van der Waals surface area contributed by atoms with Crippen LogP contribution in [-0.2, 0) is 4.79 Å². The smallest absolute Gasteiger partial charge is 0.310 e. The minimum absolute atomic E-state index is 0.0810. The van der Waals surface area contributed by atoms with Crippen LogP contribution in [0.5, 0.6) is 0 Å². The van der Waals surface area contributed by atoms with Gasteiger partial charge in [-0.2, -0.15) is 0 Å². The van der Waals surface area contributed by atoms with Gasteiger partial charge in [-0.05, 0) is 31.0 Å². The fraction of sp³-hybridized carbons (Fsp3) is 0.176. The Balaban J connectivity index is 2.39. The van der Waals surface area contributed by atoms with E-state index in [-0.39, 0.29) is 5.78 Å². The summed E-state index contributed by atoms with van der Waals surface area (Å²) < 4.78 is 0. The summed E-state index contributed by atoms with van der Waals surface area (Å²) in [5, 5.41) is 9.04. The van der Waals surface area contributed by atoms with Gasteiger partial charge in [-0.15, -0.1) is 0 Å². The molecule has 0 aliphatic heterocycles. The highest BCUT2D eigenvalue weighted by atomic mass is 16.4. The Morgan fingerprint density at radius 1 is 1.05 bits per heavy atom. The predicted octanol–water partition coefficient (Wildman–Crippen LogP) is 3.41. The van der Waals surface area contributed by atoms with Crippen molar-refractivity contribution in [1.82, 2.24) is 0 Å². The first-order chi connectivity index (χ1) is 9.50. The third-order valence-electron chi connectivity index (χ3n) is 3.41. The molecule has 3 heteroatoms. The number of benzene rings is 2. The molecule has 0 heterocycles. The average Bonchev–Trinajstić information content (AvgIpc) is 2.46. The van der Waals surface area contributed by atoms with Crippen molar-refractivity contribution in [1.29, 1.82) is 0 Å². The molecule has 0 spiro atoms. The molecule has 0 saturated carbocycles. The van der Waals surface area contributed by atoms with Crippen LogP contribution in [0, 0.1) is 6.92 Å². The van der Waals surface area contributed by atoms with Crippen molar-refractivity contribution in [3.63, 3.8) is 0 Å². The van der Waals surface area contributed by atoms with E-state index in [1.807, 2.05) is 25.1 Å². The Hall–Kier alpha value is -2.42. The van der Waals surface area contributed by atoms with Crippen molar-refractivity contribution in [2.75, 3.05) is 0 Å². The number of carboxylic acid groups (broad SMARTS) is 1. The number of ketones is 1. The van der Waals surface area contributed by atoms with Crippen molar-refractivity contribution in [2.24, 2.45) is 0 Å². The normalized spacial score (nSPS) is 11.9. The Bertz CT molecular complexity index is 659. The van der Waals surface area contributed by atoms with Crippen LogP contribution in [0.15, 0.2) is 48.5 Å². The summed E-state index contributed by atoms with van der Waals surface area (Å²) in [7, 11) is 0. The van der Waals surface area contributed by atoms with Crippen molar-refractivity contribution < 1.29 is 14.7 Å². The maximum absolute atomic E-state index is 12.5. The molecule has 1 atom stereocenters. The molecular formula is C17H16O3. The Kier molecular flexibility index (Phi) is 3.99. The summed E-state index contributed by atoms with van der Waals surface area (Å²) in [5.41, 5.74) is 2.71. The standard InChI is InChI=1S/C17H16O3/c1-11-6-3-4-9-15(11)16(18)14-8-5-7-13(10-14)12(2)17(19)20/h3-10,12H,1-2H3,(H,19,20). The van der Waals surface area contributed by atoms with Crippen LogP contribution >= 0.6 is 0 Å². The topological polar surface area (TPSA) is 54.4 Å². The molecule has 1 N–H and O–H groups in total. The highest BCUT2D eigenvalue weighted by Crippen LogP contribution is 2.20. The lowest BCUT2D eigenvalue weighted by atomic mass is 9.94. The maximum Gasteiger partial charge on any atom is 0.310 e. The van der Waals surface area contributed by atoms with Gasteiger partial charge in [0.2, 0.25) is 0 Å². The fourth-order valence-electron chi connectivity index (χ4n) is 2.07. The van der Waals surface area contributed by atoms with Crippen molar-refractivity contribution in [3.8, 4) is 0 Å². The maximum atomic E-state index is 12.5. The van der Waals surface area contributed by atoms with E-state index < -0.39 is 11.9 Å². The number of hydrogen-bond donors (Lipinski definition) is 1. The highest BCUT2D eigenvalue weighted by molar-refractivity contribution is 6.10. The third-order valence-corrected chi connectivity index (χ3v) is 3.41. The van der Waals surface area contributed by atoms with Gasteiger partial charge in [-0.1, -0.05) is 42.5 Å². The van der Waals surface area contributed by atoms with E-state index in [1.54, 1.807) is 37.3 Å². The molecule has 20 heavy (non-hydrogen) atoms. The van der Waals surface area contributed by atoms with E-state index in [4.69, 9.17) is 5.11 Å². The second-order valence-electron chi connectivity index (χ2n) is 4.83. The molecule has 0 fully saturated rings. The largest absolute Gasteiger partial charge is 0.481 e. The number of aryl methyl sites for hydroxylation is 1. The van der Waals surface area contributed by atoms with Crippen LogP contribution in [0.25, 0.3) is 0 Å². The van der Waals surface area contributed by atoms with Gasteiger partial charge in [0.05, 0.1) is 5.92 Å². The van der Waals surface area contributed by atoms with Crippen LogP contribution in [0.1, 0.15) is 39.9 Å². The molecule has 102 valence electrons. The van der Waals surface area contributed by atoms with Crippen molar-refractivity contribution in [3.05, 3.63) is 70.8 Å². The van der Waals surface area contributed by atoms with E-state index in [9.17, 15) is 9.59 Å². The molecule has 1 unspecified atom stereocenters. The number of carbonyl (C=O) groups is 2. The van der Waals surface area contributed by atoms with E-state index in [0.29, 0.717) is 16.7 Å². The number of aliphatic carboxylic acids is 1. The molecule has 0 radical (unpaired) electrons. The number of hydrogen-bond acceptors (Lipinski definition) is 2. The first-order valence-electron chi connectivity index (χ1n) is 6.44. The molecule has 2 aromatic rings. The van der Waals surface area contributed by atoms with Crippen molar-refractivity contribution >= 4 is 11.8 Å². The van der Waals surface area contributed by atoms with Crippen LogP contribution < -0.4 is 0 Å². The minimum atomic E-state index is -0.898. The fourth-order valence-corrected chi connectivity index (χ4v) is 2.07. The highest BCUT2D eigenvalue weighted by Gasteiger charge is 2.16. The van der Waals surface area contributed by atoms with Crippen LogP contribution in [0.4, 0.5) is 0 Å². The lowest BCUT2D eigenvalue weighted by Gasteiger charge is -2.09. The first kappa shape index (κ1) is 14.0. The summed E-state index contributed by atoms with van der Waals surface area (Å²) in [6, 6.07) is 14.2. The average molecular weight is 268 g/mol. The molecule has 0 saturated heterocycles. The summed E-state index contributed by atoms with van der Waals surface area (Å²) in [6.45, 7) is 3.50. The Morgan fingerprint density at radius 2 is 1.75 bits per heavy atom. The number of carbonyl (C=O) groups excluding carboxylic acids is 1. The zero-order valence-electron chi connectivity index (χ0n) is 11.5. The van der Waals surface area contributed by atoms with Crippen LogP contribution in [0.2, 0.25) is 0 Å². The molecule has 0 amide bonds. The molecule has 0 aliphatic carbocycles. The summed E-state index contributed by atoms with van der Waals surface area (Å²) >= 11 is 0. The van der Waals surface area contributed by atoms with Gasteiger partial charge in [0, 0.05) is 11.1 Å². The van der Waals surface area contributed by atoms with E-state index in [2.05, 4.69) is 0 Å². The summed E-state index contributed by atoms with van der Waals surface area (Å²) in [5.74, 6) is -1.60. The van der Waals surface area contributed by atoms with Gasteiger partial charge in [-0.3, -0.25) is 9.59 Å². The van der Waals surface area contributed by atoms with Gasteiger partial charge < -0.3 is 5.11 Å². The van der Waals surface area contributed by atoms with E-state index >= 15 is 0 Å². The van der Waals surface area contributed by atoms with Gasteiger partial charge in [-0.25, -0.2) is 0 Å². The van der Waals surface area contributed by atoms with Crippen LogP contribution in [-0.4, -0.2) is 16.9 Å². The lowest BCUT2D eigenvalue weighted by molar-refractivity contribution is -0.138. The Labute approximate surface area is 117 Å². The minimum Gasteiger partial charge on any atom is -0.481 e. The monoisotopic (exact) mass is 268 g/mol. The second-order valence-corrected chi connectivity index (χ2v) is 4.83. The molecule has 2 rings (SSSR count). The van der Waals surface area contributed by atoms with Gasteiger partial charge in [0.15, 0.2) is 5.78 Å². The number of rotatable bonds is 4. The van der Waals surface area contributed by atoms with Gasteiger partial charge in [0.1, 0.15) is 0 Å². The lowest BCUT2D eigenvalue weighted by Crippen LogP contribution is -2.09. The Morgan fingerprint density at radius 3 is 2.40 bits per heavy atom. The van der Waals surface area contributed by atoms with Gasteiger partial charge >= 0.3 is 5.97 Å². The summed E-state index contributed by atoms with van der Waals surface area (Å²) in [6.07, 6.45) is 0. The van der Waals surface area contributed by atoms with E-state index in [1.165, 1.54) is 0 Å². The predicted molar refractivity (Wildman–Crippen MR) is 77.1 cm³/mol. The molecule has 3 nitrogen and oxygen atoms in total. The molecule has 0 aromatic heterocycles. The molecular weight excluding hydrogens is 252 g/mol. The zero-order valence-corrected chi connectivity index (χ0v) is 11.5. The second kappa shape index (κ2) is 5.70. The third kappa shape index (κ3) is 2.77. The summed E-state index contributed by atoms with van der Waals surface area (Å²) in [4.78, 5) is 23.5. The van der Waals surface area contributed by atoms with E-state index in [0.717, 1.165) is 5.56 Å². The van der Waals surface area contributed by atoms with Gasteiger partial charge in [0.25, 0.3) is 0 Å². The SMILES string of the molecule is Cc1ccccc1C(=O)c1cccc(C(C)C(=O)O)c1. The molecule has 0 aliphatic rings. The number of carboxylic acids is 1. The molecule has 2 aromatic carbocycles. The zero-order chi connectivity index (χ0) is 14.7.